The highest BCUT2D eigenvalue weighted by atomic mass is 32.2. The maximum Gasteiger partial charge on any atom is 0.248 e. The van der Waals surface area contributed by atoms with Crippen molar-refractivity contribution in [3.63, 3.8) is 0 Å². The Morgan fingerprint density at radius 2 is 1.77 bits per heavy atom. The van der Waals surface area contributed by atoms with Crippen LogP contribution in [0.3, 0.4) is 0 Å². The second-order valence-corrected chi connectivity index (χ2v) is 8.78. The normalized spacial score (nSPS) is 18.0. The molecule has 1 aliphatic heterocycles. The summed E-state index contributed by atoms with van der Waals surface area (Å²) in [6.07, 6.45) is 3.79. The van der Waals surface area contributed by atoms with Gasteiger partial charge in [-0.2, -0.15) is 0 Å². The molecule has 0 aliphatic carbocycles. The number of rotatable bonds is 4. The number of amides is 1. The van der Waals surface area contributed by atoms with E-state index in [4.69, 9.17) is 0 Å². The summed E-state index contributed by atoms with van der Waals surface area (Å²) in [7, 11) is -1.84. The largest absolute Gasteiger partial charge is 0.317 e. The molecule has 0 spiro atoms. The third kappa shape index (κ3) is 3.16. The van der Waals surface area contributed by atoms with E-state index >= 15 is 0 Å². The first-order chi connectivity index (χ1) is 10.3. The lowest BCUT2D eigenvalue weighted by atomic mass is 9.95. The van der Waals surface area contributed by atoms with Gasteiger partial charge < -0.3 is 10.2 Å². The summed E-state index contributed by atoms with van der Waals surface area (Å²) >= 11 is 1.62. The Balaban J connectivity index is 2.33. The molecular formula is C15H22N2O3S2. The van der Waals surface area contributed by atoms with Crippen LogP contribution in [-0.4, -0.2) is 51.7 Å². The van der Waals surface area contributed by atoms with Gasteiger partial charge in [0.05, 0.1) is 0 Å². The molecule has 0 saturated carbocycles. The lowest BCUT2D eigenvalue weighted by molar-refractivity contribution is -0.121. The molecule has 1 saturated heterocycles. The minimum atomic E-state index is -3.49. The van der Waals surface area contributed by atoms with Crippen LogP contribution in [0.4, 0.5) is 5.69 Å². The van der Waals surface area contributed by atoms with E-state index in [0.29, 0.717) is 31.6 Å². The number of anilines is 1. The van der Waals surface area contributed by atoms with E-state index in [0.717, 1.165) is 4.90 Å². The van der Waals surface area contributed by atoms with E-state index in [-0.39, 0.29) is 5.91 Å². The standard InChI is InChI=1S/C15H22N2O3S2/c1-17(12-4-6-13(21-2)7-5-12)14(18)15(22(3,19)20)8-10-16-11-9-15/h4-7,16H,8-11H2,1-3H3. The third-order valence-corrected chi connectivity index (χ3v) is 7.02. The highest BCUT2D eigenvalue weighted by molar-refractivity contribution is 7.98. The molecule has 0 unspecified atom stereocenters. The predicted molar refractivity (Wildman–Crippen MR) is 91.3 cm³/mol. The second kappa shape index (κ2) is 6.60. The number of hydrogen-bond donors (Lipinski definition) is 1. The van der Waals surface area contributed by atoms with E-state index in [2.05, 4.69) is 5.32 Å². The number of hydrogen-bond acceptors (Lipinski definition) is 5. The van der Waals surface area contributed by atoms with Crippen LogP contribution in [0.25, 0.3) is 0 Å². The number of nitrogens with one attached hydrogen (secondary N) is 1. The van der Waals surface area contributed by atoms with Gasteiger partial charge >= 0.3 is 0 Å². The number of carbonyl (C=O) groups is 1. The van der Waals surface area contributed by atoms with Crippen molar-refractivity contribution >= 4 is 33.2 Å². The fourth-order valence-corrected chi connectivity index (χ4v) is 4.61. The molecule has 5 nitrogen and oxygen atoms in total. The summed E-state index contributed by atoms with van der Waals surface area (Å²) in [6, 6.07) is 7.56. The summed E-state index contributed by atoms with van der Waals surface area (Å²) in [5.74, 6) is -0.339. The van der Waals surface area contributed by atoms with E-state index in [9.17, 15) is 13.2 Å². The van der Waals surface area contributed by atoms with E-state index in [1.165, 1.54) is 11.2 Å². The summed E-state index contributed by atoms with van der Waals surface area (Å²) in [5.41, 5.74) is 0.712. The zero-order chi connectivity index (χ0) is 16.4. The predicted octanol–water partition coefficient (Wildman–Crippen LogP) is 1.54. The van der Waals surface area contributed by atoms with Crippen molar-refractivity contribution in [3.8, 4) is 0 Å². The summed E-state index contributed by atoms with van der Waals surface area (Å²) in [5, 5.41) is 3.12. The van der Waals surface area contributed by atoms with Crippen molar-refractivity contribution in [1.82, 2.24) is 5.32 Å². The third-order valence-electron chi connectivity index (χ3n) is 4.28. The van der Waals surface area contributed by atoms with Crippen LogP contribution in [0.1, 0.15) is 12.8 Å². The quantitative estimate of drug-likeness (QED) is 0.841. The van der Waals surface area contributed by atoms with Crippen molar-refractivity contribution in [1.29, 1.82) is 0 Å². The number of carbonyl (C=O) groups excluding carboxylic acids is 1. The maximum absolute atomic E-state index is 12.9. The highest BCUT2D eigenvalue weighted by Gasteiger charge is 2.50. The van der Waals surface area contributed by atoms with Crippen molar-refractivity contribution in [2.24, 2.45) is 0 Å². The van der Waals surface area contributed by atoms with Gasteiger partial charge in [0, 0.05) is 23.9 Å². The molecule has 2 rings (SSSR count). The fourth-order valence-electron chi connectivity index (χ4n) is 2.80. The van der Waals surface area contributed by atoms with E-state index in [1.807, 2.05) is 30.5 Å². The van der Waals surface area contributed by atoms with Crippen LogP contribution in [-0.2, 0) is 14.6 Å². The molecule has 1 N–H and O–H groups in total. The molecule has 1 aromatic carbocycles. The van der Waals surface area contributed by atoms with Crippen LogP contribution in [0.5, 0.6) is 0 Å². The second-order valence-electron chi connectivity index (χ2n) is 5.58. The van der Waals surface area contributed by atoms with E-state index < -0.39 is 14.6 Å². The first-order valence-corrected chi connectivity index (χ1v) is 10.3. The van der Waals surface area contributed by atoms with Gasteiger partial charge in [0.2, 0.25) is 5.91 Å². The smallest absolute Gasteiger partial charge is 0.248 e. The molecule has 7 heteroatoms. The Morgan fingerprint density at radius 1 is 1.23 bits per heavy atom. The summed E-state index contributed by atoms with van der Waals surface area (Å²) in [4.78, 5) is 15.5. The molecule has 1 aliphatic rings. The molecule has 122 valence electrons. The van der Waals surface area contributed by atoms with Crippen LogP contribution in [0.15, 0.2) is 29.2 Å². The summed E-state index contributed by atoms with van der Waals surface area (Å²) < 4.78 is 23.3. The summed E-state index contributed by atoms with van der Waals surface area (Å²) in [6.45, 7) is 1.08. The van der Waals surface area contributed by atoms with Crippen molar-refractivity contribution < 1.29 is 13.2 Å². The van der Waals surface area contributed by atoms with Gasteiger partial charge in [-0.15, -0.1) is 11.8 Å². The van der Waals surface area contributed by atoms with Crippen molar-refractivity contribution in [3.05, 3.63) is 24.3 Å². The first kappa shape index (κ1) is 17.3. The van der Waals surface area contributed by atoms with Gasteiger partial charge in [-0.05, 0) is 56.5 Å². The fraction of sp³-hybridized carbons (Fsp3) is 0.533. The average Bonchev–Trinajstić information content (AvgIpc) is 2.53. The minimum Gasteiger partial charge on any atom is -0.317 e. The minimum absolute atomic E-state index is 0.317. The molecule has 1 amide bonds. The Kier molecular flexibility index (Phi) is 5.19. The average molecular weight is 342 g/mol. The molecule has 0 aromatic heterocycles. The molecule has 1 heterocycles. The molecule has 1 fully saturated rings. The zero-order valence-corrected chi connectivity index (χ0v) is 14.8. The Labute approximate surface area is 136 Å². The first-order valence-electron chi connectivity index (χ1n) is 7.14. The van der Waals surface area contributed by atoms with Crippen LogP contribution >= 0.6 is 11.8 Å². The van der Waals surface area contributed by atoms with Crippen LogP contribution in [0, 0.1) is 0 Å². The van der Waals surface area contributed by atoms with E-state index in [1.54, 1.807) is 18.8 Å². The monoisotopic (exact) mass is 342 g/mol. The molecule has 1 aromatic rings. The molecule has 0 radical (unpaired) electrons. The lowest BCUT2D eigenvalue weighted by Gasteiger charge is -2.37. The van der Waals surface area contributed by atoms with Gasteiger partial charge in [0.1, 0.15) is 0 Å². The van der Waals surface area contributed by atoms with Gasteiger partial charge in [0.25, 0.3) is 0 Å². The zero-order valence-electron chi connectivity index (χ0n) is 13.1. The Morgan fingerprint density at radius 3 is 2.23 bits per heavy atom. The van der Waals surface area contributed by atoms with Crippen LogP contribution < -0.4 is 10.2 Å². The molecule has 0 bridgehead atoms. The number of benzene rings is 1. The molecule has 22 heavy (non-hydrogen) atoms. The maximum atomic E-state index is 12.9. The van der Waals surface area contributed by atoms with Crippen molar-refractivity contribution in [2.45, 2.75) is 22.5 Å². The number of thioether (sulfide) groups is 1. The Hall–Kier alpha value is -1.05. The Bertz CT molecular complexity index is 635. The van der Waals surface area contributed by atoms with Gasteiger partial charge in [0.15, 0.2) is 14.6 Å². The van der Waals surface area contributed by atoms with Gasteiger partial charge in [-0.3, -0.25) is 4.79 Å². The topological polar surface area (TPSA) is 66.5 Å². The van der Waals surface area contributed by atoms with Gasteiger partial charge in [-0.25, -0.2) is 8.42 Å². The number of nitrogens with zero attached hydrogens (tertiary/aromatic N) is 1. The molecule has 0 atom stereocenters. The number of sulfone groups is 1. The molecular weight excluding hydrogens is 320 g/mol. The lowest BCUT2D eigenvalue weighted by Crippen LogP contribution is -2.57. The van der Waals surface area contributed by atoms with Gasteiger partial charge in [-0.1, -0.05) is 0 Å². The highest BCUT2D eigenvalue weighted by Crippen LogP contribution is 2.31. The van der Waals surface area contributed by atoms with Crippen molar-refractivity contribution in [2.75, 3.05) is 37.5 Å². The SMILES string of the molecule is CSc1ccc(N(C)C(=O)C2(S(C)(=O)=O)CCNCC2)cc1. The van der Waals surface area contributed by atoms with Crippen LogP contribution in [0.2, 0.25) is 0 Å². The number of piperidine rings is 1.